The lowest BCUT2D eigenvalue weighted by atomic mass is 9.78. The molecule has 4 rings (SSSR count). The zero-order valence-corrected chi connectivity index (χ0v) is 14.9. The summed E-state index contributed by atoms with van der Waals surface area (Å²) in [7, 11) is 0. The molecule has 2 aliphatic rings. The van der Waals surface area contributed by atoms with Crippen LogP contribution in [0.4, 0.5) is 0 Å². The van der Waals surface area contributed by atoms with Gasteiger partial charge in [-0.3, -0.25) is 14.2 Å². The minimum atomic E-state index is -0.0600. The summed E-state index contributed by atoms with van der Waals surface area (Å²) in [5.74, 6) is 1.91. The molecule has 1 N–H and O–H groups in total. The molecule has 132 valence electrons. The van der Waals surface area contributed by atoms with Gasteiger partial charge in [-0.15, -0.1) is 0 Å². The summed E-state index contributed by atoms with van der Waals surface area (Å²) in [5.41, 5.74) is 1.24. The van der Waals surface area contributed by atoms with Crippen LogP contribution in [0.1, 0.15) is 55.7 Å². The maximum Gasteiger partial charge on any atom is 0.261 e. The Balaban J connectivity index is 1.62. The molecule has 5 nitrogen and oxygen atoms in total. The molecule has 3 atom stereocenters. The molecule has 1 saturated carbocycles. The van der Waals surface area contributed by atoms with E-state index in [0.717, 1.165) is 31.6 Å². The van der Waals surface area contributed by atoms with Crippen molar-refractivity contribution in [2.45, 2.75) is 58.5 Å². The first-order valence-electron chi connectivity index (χ1n) is 9.39. The number of rotatable bonds is 2. The molecule has 0 bridgehead atoms. The average molecular weight is 339 g/mol. The van der Waals surface area contributed by atoms with Gasteiger partial charge in [0.2, 0.25) is 0 Å². The van der Waals surface area contributed by atoms with Crippen LogP contribution in [0.2, 0.25) is 0 Å². The van der Waals surface area contributed by atoms with Gasteiger partial charge in [0.25, 0.3) is 11.5 Å². The number of amides is 1. The van der Waals surface area contributed by atoms with Gasteiger partial charge in [0.1, 0.15) is 5.82 Å². The molecule has 2 aromatic rings. The Morgan fingerprint density at radius 2 is 2.08 bits per heavy atom. The summed E-state index contributed by atoms with van der Waals surface area (Å²) in [6, 6.07) is 5.49. The first-order chi connectivity index (χ1) is 12.0. The molecule has 1 amide bonds. The second kappa shape index (κ2) is 6.28. The van der Waals surface area contributed by atoms with Crippen LogP contribution >= 0.6 is 0 Å². The summed E-state index contributed by atoms with van der Waals surface area (Å²) in [5, 5.41) is 3.80. The van der Waals surface area contributed by atoms with Gasteiger partial charge < -0.3 is 5.32 Å². The van der Waals surface area contributed by atoms with Crippen LogP contribution in [0.5, 0.6) is 0 Å². The van der Waals surface area contributed by atoms with Crippen LogP contribution in [0.15, 0.2) is 23.0 Å². The van der Waals surface area contributed by atoms with E-state index < -0.39 is 0 Å². The van der Waals surface area contributed by atoms with E-state index in [9.17, 15) is 9.59 Å². The van der Waals surface area contributed by atoms with Crippen molar-refractivity contribution in [2.24, 2.45) is 11.8 Å². The molecule has 1 fully saturated rings. The lowest BCUT2D eigenvalue weighted by molar-refractivity contribution is 0.0891. The van der Waals surface area contributed by atoms with Gasteiger partial charge in [0, 0.05) is 24.6 Å². The third-order valence-corrected chi connectivity index (χ3v) is 6.10. The number of carbonyl (C=O) groups is 1. The van der Waals surface area contributed by atoms with E-state index in [0.29, 0.717) is 28.3 Å². The molecular weight excluding hydrogens is 314 g/mol. The predicted molar refractivity (Wildman–Crippen MR) is 97.8 cm³/mol. The van der Waals surface area contributed by atoms with Crippen molar-refractivity contribution in [2.75, 3.05) is 0 Å². The zero-order chi connectivity index (χ0) is 17.6. The quantitative estimate of drug-likeness (QED) is 0.915. The highest BCUT2D eigenvalue weighted by Gasteiger charge is 2.28. The van der Waals surface area contributed by atoms with Crippen LogP contribution in [-0.4, -0.2) is 21.5 Å². The fourth-order valence-electron chi connectivity index (χ4n) is 4.26. The van der Waals surface area contributed by atoms with Crippen molar-refractivity contribution in [1.29, 1.82) is 0 Å². The predicted octanol–water partition coefficient (Wildman–Crippen LogP) is 2.90. The maximum atomic E-state index is 12.7. The summed E-state index contributed by atoms with van der Waals surface area (Å²) >= 11 is 0. The fourth-order valence-corrected chi connectivity index (χ4v) is 4.26. The van der Waals surface area contributed by atoms with Gasteiger partial charge in [-0.25, -0.2) is 4.98 Å². The van der Waals surface area contributed by atoms with Crippen molar-refractivity contribution in [3.05, 3.63) is 39.9 Å². The molecule has 1 aliphatic carbocycles. The topological polar surface area (TPSA) is 64.0 Å². The monoisotopic (exact) mass is 339 g/mol. The molecule has 1 aromatic carbocycles. The van der Waals surface area contributed by atoms with Crippen molar-refractivity contribution >= 4 is 16.8 Å². The molecule has 0 radical (unpaired) electrons. The van der Waals surface area contributed by atoms with Gasteiger partial charge in [-0.2, -0.15) is 0 Å². The number of carbonyl (C=O) groups excluding carboxylic acids is 1. The lowest BCUT2D eigenvalue weighted by Gasteiger charge is -2.34. The second-order valence-electron chi connectivity index (χ2n) is 7.67. The molecule has 0 unspecified atom stereocenters. The van der Waals surface area contributed by atoms with Gasteiger partial charge in [0.15, 0.2) is 0 Å². The van der Waals surface area contributed by atoms with Crippen LogP contribution in [0.3, 0.4) is 0 Å². The number of aromatic nitrogens is 2. The van der Waals surface area contributed by atoms with Gasteiger partial charge in [-0.1, -0.05) is 26.7 Å². The number of benzene rings is 1. The van der Waals surface area contributed by atoms with Crippen molar-refractivity contribution in [3.8, 4) is 0 Å². The summed E-state index contributed by atoms with van der Waals surface area (Å²) in [4.78, 5) is 29.8. The first kappa shape index (κ1) is 16.3. The van der Waals surface area contributed by atoms with Gasteiger partial charge >= 0.3 is 0 Å². The van der Waals surface area contributed by atoms with E-state index in [4.69, 9.17) is 0 Å². The normalized spacial score (nSPS) is 25.8. The third kappa shape index (κ3) is 2.86. The van der Waals surface area contributed by atoms with Gasteiger partial charge in [-0.05, 0) is 42.9 Å². The SMILES string of the molecule is C[C@H]1[C@H](C)CCC[C@@H]1NC(=O)c1ccc2c(=O)n3c(nc2c1)CCC3. The Labute approximate surface area is 147 Å². The summed E-state index contributed by atoms with van der Waals surface area (Å²) < 4.78 is 1.76. The minimum absolute atomic E-state index is 0.0131. The van der Waals surface area contributed by atoms with E-state index in [-0.39, 0.29) is 17.5 Å². The second-order valence-corrected chi connectivity index (χ2v) is 7.67. The highest BCUT2D eigenvalue weighted by Crippen LogP contribution is 2.29. The standard InChI is InChI=1S/C20H25N3O2/c1-12-5-3-6-16(13(12)2)22-19(24)14-8-9-15-17(11-14)21-18-7-4-10-23(18)20(15)25/h8-9,11-13,16H,3-7,10H2,1-2H3,(H,22,24)/t12-,13+,16+/m1/s1. The van der Waals surface area contributed by atoms with Gasteiger partial charge in [0.05, 0.1) is 10.9 Å². The van der Waals surface area contributed by atoms with Crippen LogP contribution in [0.25, 0.3) is 10.9 Å². The number of fused-ring (bicyclic) bond motifs is 2. The van der Waals surface area contributed by atoms with E-state index in [1.54, 1.807) is 22.8 Å². The van der Waals surface area contributed by atoms with Crippen molar-refractivity contribution < 1.29 is 4.79 Å². The van der Waals surface area contributed by atoms with E-state index in [1.807, 2.05) is 0 Å². The molecular formula is C20H25N3O2. The maximum absolute atomic E-state index is 12.7. The molecule has 1 aliphatic heterocycles. The number of aryl methyl sites for hydroxylation is 1. The highest BCUT2D eigenvalue weighted by atomic mass is 16.1. The number of nitrogens with one attached hydrogen (secondary N) is 1. The van der Waals surface area contributed by atoms with Crippen LogP contribution in [-0.2, 0) is 13.0 Å². The fraction of sp³-hybridized carbons (Fsp3) is 0.550. The zero-order valence-electron chi connectivity index (χ0n) is 14.9. The molecule has 1 aromatic heterocycles. The van der Waals surface area contributed by atoms with E-state index >= 15 is 0 Å². The Bertz CT molecular complexity index is 886. The van der Waals surface area contributed by atoms with Crippen molar-refractivity contribution in [1.82, 2.24) is 14.9 Å². The number of hydrogen-bond donors (Lipinski definition) is 1. The van der Waals surface area contributed by atoms with Crippen LogP contribution < -0.4 is 10.9 Å². The summed E-state index contributed by atoms with van der Waals surface area (Å²) in [6.07, 6.45) is 5.24. The average Bonchev–Trinajstić information content (AvgIpc) is 3.07. The minimum Gasteiger partial charge on any atom is -0.349 e. The summed E-state index contributed by atoms with van der Waals surface area (Å²) in [6.45, 7) is 5.23. The Hall–Kier alpha value is -2.17. The van der Waals surface area contributed by atoms with Crippen molar-refractivity contribution in [3.63, 3.8) is 0 Å². The highest BCUT2D eigenvalue weighted by molar-refractivity contribution is 5.97. The lowest BCUT2D eigenvalue weighted by Crippen LogP contribution is -2.43. The van der Waals surface area contributed by atoms with E-state index in [1.165, 1.54) is 12.8 Å². The number of nitrogens with zero attached hydrogens (tertiary/aromatic N) is 2. The molecule has 0 spiro atoms. The van der Waals surface area contributed by atoms with E-state index in [2.05, 4.69) is 24.1 Å². The molecule has 25 heavy (non-hydrogen) atoms. The first-order valence-corrected chi connectivity index (χ1v) is 9.39. The molecule has 0 saturated heterocycles. The molecule has 2 heterocycles. The number of hydrogen-bond acceptors (Lipinski definition) is 3. The van der Waals surface area contributed by atoms with Crippen LogP contribution in [0, 0.1) is 11.8 Å². The molecule has 5 heteroatoms. The third-order valence-electron chi connectivity index (χ3n) is 6.10. The largest absolute Gasteiger partial charge is 0.349 e. The Kier molecular flexibility index (Phi) is 4.10. The Morgan fingerprint density at radius 1 is 1.24 bits per heavy atom. The smallest absolute Gasteiger partial charge is 0.261 e. The Morgan fingerprint density at radius 3 is 2.92 bits per heavy atom.